The number of unbranched alkanes of at least 4 members (excludes halogenated alkanes) is 1. The lowest BCUT2D eigenvalue weighted by atomic mass is 10.1. The van der Waals surface area contributed by atoms with Gasteiger partial charge in [0.2, 0.25) is 15.9 Å². The van der Waals surface area contributed by atoms with Gasteiger partial charge in [0.05, 0.1) is 18.8 Å². The number of amides is 1. The van der Waals surface area contributed by atoms with Gasteiger partial charge in [-0.25, -0.2) is 8.42 Å². The van der Waals surface area contributed by atoms with E-state index in [0.717, 1.165) is 10.7 Å². The number of ether oxygens (including phenoxy) is 1. The first-order valence-corrected chi connectivity index (χ1v) is 8.46. The van der Waals surface area contributed by atoms with E-state index in [1.54, 1.807) is 6.92 Å². The molecule has 1 atom stereocenters. The minimum atomic E-state index is -3.52. The van der Waals surface area contributed by atoms with Crippen molar-refractivity contribution in [1.29, 1.82) is 0 Å². The van der Waals surface area contributed by atoms with Crippen LogP contribution in [-0.4, -0.2) is 56.1 Å². The number of carbonyl (C=O) groups is 2. The molecule has 1 heterocycles. The first-order chi connectivity index (χ1) is 9.42. The Morgan fingerprint density at radius 2 is 2.15 bits per heavy atom. The fraction of sp³-hybridized carbons (Fsp3) is 0.833. The van der Waals surface area contributed by atoms with E-state index in [1.165, 1.54) is 0 Å². The molecule has 1 aliphatic heterocycles. The summed E-state index contributed by atoms with van der Waals surface area (Å²) < 4.78 is 30.4. The van der Waals surface area contributed by atoms with Crippen LogP contribution in [0.4, 0.5) is 0 Å². The molecular weight excluding hydrogens is 284 g/mol. The molecule has 1 fully saturated rings. The molecule has 0 aromatic rings. The standard InChI is InChI=1S/C12H22N2O5S/c1-3-5-8-20(17,18)14-7-6-13-12(16)10(14)9-11(15)19-4-2/h10H,3-9H2,1-2H3,(H,13,16). The molecule has 7 nitrogen and oxygen atoms in total. The summed E-state index contributed by atoms with van der Waals surface area (Å²) in [6, 6.07) is -0.996. The minimum Gasteiger partial charge on any atom is -0.466 e. The molecule has 1 saturated heterocycles. The van der Waals surface area contributed by atoms with Crippen LogP contribution in [0.1, 0.15) is 33.1 Å². The number of nitrogens with zero attached hydrogens (tertiary/aromatic N) is 1. The third-order valence-corrected chi connectivity index (χ3v) is 5.02. The second-order valence-electron chi connectivity index (χ2n) is 4.60. The number of nitrogens with one attached hydrogen (secondary N) is 1. The van der Waals surface area contributed by atoms with Gasteiger partial charge in [-0.3, -0.25) is 9.59 Å². The molecule has 1 N–H and O–H groups in total. The maximum absolute atomic E-state index is 12.2. The van der Waals surface area contributed by atoms with Crippen LogP contribution in [0, 0.1) is 0 Å². The maximum atomic E-state index is 12.2. The lowest BCUT2D eigenvalue weighted by Crippen LogP contribution is -2.58. The third kappa shape index (κ3) is 4.45. The Morgan fingerprint density at radius 1 is 1.45 bits per heavy atom. The minimum absolute atomic E-state index is 0.00386. The smallest absolute Gasteiger partial charge is 0.307 e. The van der Waals surface area contributed by atoms with E-state index in [1.807, 2.05) is 6.92 Å². The van der Waals surface area contributed by atoms with Gasteiger partial charge in [-0.05, 0) is 13.3 Å². The van der Waals surface area contributed by atoms with Crippen molar-refractivity contribution in [3.05, 3.63) is 0 Å². The highest BCUT2D eigenvalue weighted by Crippen LogP contribution is 2.16. The van der Waals surface area contributed by atoms with Gasteiger partial charge in [0.25, 0.3) is 0 Å². The van der Waals surface area contributed by atoms with Gasteiger partial charge >= 0.3 is 5.97 Å². The van der Waals surface area contributed by atoms with Gasteiger partial charge in [-0.1, -0.05) is 13.3 Å². The van der Waals surface area contributed by atoms with Crippen molar-refractivity contribution in [2.45, 2.75) is 39.2 Å². The molecule has 0 saturated carbocycles. The summed E-state index contributed by atoms with van der Waals surface area (Å²) in [5.41, 5.74) is 0. The monoisotopic (exact) mass is 306 g/mol. The predicted octanol–water partition coefficient (Wildman–Crippen LogP) is -0.130. The Labute approximate surface area is 119 Å². The maximum Gasteiger partial charge on any atom is 0.307 e. The van der Waals surface area contributed by atoms with Crippen molar-refractivity contribution >= 4 is 21.9 Å². The number of piperazine rings is 1. The topological polar surface area (TPSA) is 92.8 Å². The first-order valence-electron chi connectivity index (χ1n) is 6.85. The Morgan fingerprint density at radius 3 is 2.75 bits per heavy atom. The molecule has 1 rings (SSSR count). The molecule has 1 aliphatic rings. The van der Waals surface area contributed by atoms with Crippen LogP contribution in [0.5, 0.6) is 0 Å². The van der Waals surface area contributed by atoms with Crippen LogP contribution in [0.25, 0.3) is 0 Å². The summed E-state index contributed by atoms with van der Waals surface area (Å²) in [6.07, 6.45) is 1.04. The van der Waals surface area contributed by atoms with Gasteiger partial charge in [-0.15, -0.1) is 0 Å². The molecule has 0 aliphatic carbocycles. The van der Waals surface area contributed by atoms with E-state index in [-0.39, 0.29) is 31.9 Å². The van der Waals surface area contributed by atoms with Gasteiger partial charge in [0.1, 0.15) is 6.04 Å². The van der Waals surface area contributed by atoms with Crippen molar-refractivity contribution < 1.29 is 22.7 Å². The van der Waals surface area contributed by atoms with Crippen LogP contribution >= 0.6 is 0 Å². The molecule has 0 aromatic carbocycles. The van der Waals surface area contributed by atoms with E-state index in [4.69, 9.17) is 4.74 Å². The molecule has 0 bridgehead atoms. The average molecular weight is 306 g/mol. The van der Waals surface area contributed by atoms with Gasteiger partial charge in [0.15, 0.2) is 0 Å². The lowest BCUT2D eigenvalue weighted by molar-refractivity contribution is -0.146. The van der Waals surface area contributed by atoms with Crippen molar-refractivity contribution in [3.63, 3.8) is 0 Å². The number of rotatable bonds is 7. The zero-order valence-electron chi connectivity index (χ0n) is 11.9. The summed E-state index contributed by atoms with van der Waals surface area (Å²) in [4.78, 5) is 23.4. The van der Waals surface area contributed by atoms with Crippen molar-refractivity contribution in [3.8, 4) is 0 Å². The number of hydrogen-bond donors (Lipinski definition) is 1. The Kier molecular flexibility index (Phi) is 6.41. The highest BCUT2D eigenvalue weighted by molar-refractivity contribution is 7.89. The highest BCUT2D eigenvalue weighted by atomic mass is 32.2. The van der Waals surface area contributed by atoms with Gasteiger partial charge in [-0.2, -0.15) is 4.31 Å². The number of hydrogen-bond acceptors (Lipinski definition) is 5. The summed E-state index contributed by atoms with van der Waals surface area (Å²) in [5.74, 6) is -1.01. The van der Waals surface area contributed by atoms with Crippen molar-refractivity contribution in [2.75, 3.05) is 25.4 Å². The fourth-order valence-corrected chi connectivity index (χ4v) is 3.86. The van der Waals surface area contributed by atoms with Crippen LogP contribution in [0.3, 0.4) is 0 Å². The molecule has 0 spiro atoms. The second kappa shape index (κ2) is 7.58. The van der Waals surface area contributed by atoms with Crippen molar-refractivity contribution in [1.82, 2.24) is 9.62 Å². The first kappa shape index (κ1) is 16.9. The van der Waals surface area contributed by atoms with Crippen LogP contribution in [-0.2, 0) is 24.3 Å². The van der Waals surface area contributed by atoms with Crippen LogP contribution in [0.2, 0.25) is 0 Å². The number of carbonyl (C=O) groups excluding carboxylic acids is 2. The van der Waals surface area contributed by atoms with E-state index in [2.05, 4.69) is 5.32 Å². The quantitative estimate of drug-likeness (QED) is 0.661. The number of esters is 1. The highest BCUT2D eigenvalue weighted by Gasteiger charge is 2.38. The third-order valence-electron chi connectivity index (χ3n) is 3.06. The molecule has 0 aromatic heterocycles. The average Bonchev–Trinajstić information content (AvgIpc) is 2.39. The Balaban J connectivity index is 2.84. The Hall–Kier alpha value is -1.15. The SMILES string of the molecule is CCCCS(=O)(=O)N1CCNC(=O)C1CC(=O)OCC. The van der Waals surface area contributed by atoms with E-state index in [9.17, 15) is 18.0 Å². The van der Waals surface area contributed by atoms with Crippen molar-refractivity contribution in [2.24, 2.45) is 0 Å². The largest absolute Gasteiger partial charge is 0.466 e. The zero-order valence-corrected chi connectivity index (χ0v) is 12.7. The van der Waals surface area contributed by atoms with E-state index >= 15 is 0 Å². The summed E-state index contributed by atoms with van der Waals surface area (Å²) >= 11 is 0. The number of sulfonamides is 1. The molecule has 8 heteroatoms. The second-order valence-corrected chi connectivity index (χ2v) is 6.64. The van der Waals surface area contributed by atoms with Crippen LogP contribution < -0.4 is 5.32 Å². The molecular formula is C12H22N2O5S. The predicted molar refractivity (Wildman–Crippen MR) is 73.4 cm³/mol. The lowest BCUT2D eigenvalue weighted by Gasteiger charge is -2.33. The van der Waals surface area contributed by atoms with E-state index in [0.29, 0.717) is 6.42 Å². The summed E-state index contributed by atoms with van der Waals surface area (Å²) in [5, 5.41) is 2.58. The fourth-order valence-electron chi connectivity index (χ4n) is 2.04. The van der Waals surface area contributed by atoms with Gasteiger partial charge in [0, 0.05) is 13.1 Å². The molecule has 20 heavy (non-hydrogen) atoms. The summed E-state index contributed by atoms with van der Waals surface area (Å²) in [6.45, 7) is 4.23. The molecule has 1 unspecified atom stereocenters. The summed E-state index contributed by atoms with van der Waals surface area (Å²) in [7, 11) is -3.52. The van der Waals surface area contributed by atoms with Gasteiger partial charge < -0.3 is 10.1 Å². The van der Waals surface area contributed by atoms with E-state index < -0.39 is 27.9 Å². The molecule has 116 valence electrons. The Bertz CT molecular complexity index is 449. The zero-order chi connectivity index (χ0) is 15.2. The normalized spacial score (nSPS) is 20.5. The molecule has 0 radical (unpaired) electrons. The van der Waals surface area contributed by atoms with Crippen LogP contribution in [0.15, 0.2) is 0 Å². The molecule has 1 amide bonds.